The second-order valence-corrected chi connectivity index (χ2v) is 6.57. The second-order valence-electron chi connectivity index (χ2n) is 5.66. The SMILES string of the molecule is CC(C)CC(CN(C)C)NC(=O)Nc1sccc1C(=O)O. The molecular formula is C14H23N3O3S. The Bertz CT molecular complexity index is 476. The molecule has 3 N–H and O–H groups in total. The van der Waals surface area contributed by atoms with Crippen LogP contribution >= 0.6 is 11.3 Å². The van der Waals surface area contributed by atoms with E-state index >= 15 is 0 Å². The number of nitrogens with one attached hydrogen (secondary N) is 2. The monoisotopic (exact) mass is 313 g/mol. The van der Waals surface area contributed by atoms with Crippen molar-refractivity contribution < 1.29 is 14.7 Å². The Labute approximate surface area is 129 Å². The van der Waals surface area contributed by atoms with Gasteiger partial charge in [0.1, 0.15) is 5.00 Å². The number of carbonyl (C=O) groups is 2. The third-order valence-electron chi connectivity index (χ3n) is 2.80. The van der Waals surface area contributed by atoms with E-state index in [-0.39, 0.29) is 17.6 Å². The summed E-state index contributed by atoms with van der Waals surface area (Å²) in [5.74, 6) is -0.579. The molecule has 21 heavy (non-hydrogen) atoms. The molecule has 0 aliphatic carbocycles. The summed E-state index contributed by atoms with van der Waals surface area (Å²) in [7, 11) is 3.91. The minimum absolute atomic E-state index is 0.0215. The Hall–Kier alpha value is -1.60. The smallest absolute Gasteiger partial charge is 0.338 e. The number of carbonyl (C=O) groups excluding carboxylic acids is 1. The molecule has 0 aliphatic rings. The summed E-state index contributed by atoms with van der Waals surface area (Å²) >= 11 is 1.20. The second kappa shape index (κ2) is 7.99. The molecule has 7 heteroatoms. The summed E-state index contributed by atoms with van der Waals surface area (Å²) in [6, 6.07) is 1.13. The molecule has 0 radical (unpaired) electrons. The zero-order valence-electron chi connectivity index (χ0n) is 12.8. The Morgan fingerprint density at radius 2 is 2.05 bits per heavy atom. The van der Waals surface area contributed by atoms with Gasteiger partial charge in [-0.3, -0.25) is 5.32 Å². The van der Waals surface area contributed by atoms with Crippen LogP contribution in [-0.2, 0) is 0 Å². The number of aromatic carboxylic acids is 1. The molecule has 1 atom stereocenters. The van der Waals surface area contributed by atoms with Crippen LogP contribution in [0.25, 0.3) is 0 Å². The van der Waals surface area contributed by atoms with Gasteiger partial charge in [0.15, 0.2) is 0 Å². The van der Waals surface area contributed by atoms with Crippen LogP contribution < -0.4 is 10.6 Å². The highest BCUT2D eigenvalue weighted by molar-refractivity contribution is 7.14. The van der Waals surface area contributed by atoms with Crippen LogP contribution in [0.3, 0.4) is 0 Å². The van der Waals surface area contributed by atoms with E-state index in [4.69, 9.17) is 5.11 Å². The van der Waals surface area contributed by atoms with E-state index in [1.165, 1.54) is 17.4 Å². The fraction of sp³-hybridized carbons (Fsp3) is 0.571. The maximum atomic E-state index is 12.0. The maximum Gasteiger partial charge on any atom is 0.338 e. The summed E-state index contributed by atoms with van der Waals surface area (Å²) in [5, 5.41) is 16.5. The molecule has 0 spiro atoms. The van der Waals surface area contributed by atoms with Crippen molar-refractivity contribution in [2.24, 2.45) is 5.92 Å². The molecular weight excluding hydrogens is 290 g/mol. The number of anilines is 1. The predicted octanol–water partition coefficient (Wildman–Crippen LogP) is 2.54. The van der Waals surface area contributed by atoms with Crippen molar-refractivity contribution in [2.45, 2.75) is 26.3 Å². The van der Waals surface area contributed by atoms with Crippen molar-refractivity contribution in [3.05, 3.63) is 17.0 Å². The lowest BCUT2D eigenvalue weighted by molar-refractivity contribution is 0.0698. The van der Waals surface area contributed by atoms with Crippen LogP contribution in [0.1, 0.15) is 30.6 Å². The van der Waals surface area contributed by atoms with Gasteiger partial charge >= 0.3 is 12.0 Å². The van der Waals surface area contributed by atoms with E-state index in [0.717, 1.165) is 13.0 Å². The summed E-state index contributed by atoms with van der Waals surface area (Å²) in [5.41, 5.74) is 0.114. The normalized spacial score (nSPS) is 12.5. The molecule has 2 amide bonds. The molecule has 0 aromatic carbocycles. The molecule has 0 fully saturated rings. The fourth-order valence-electron chi connectivity index (χ4n) is 2.09. The van der Waals surface area contributed by atoms with Crippen molar-refractivity contribution in [1.29, 1.82) is 0 Å². The average Bonchev–Trinajstić information content (AvgIpc) is 2.74. The van der Waals surface area contributed by atoms with Gasteiger partial charge in [-0.15, -0.1) is 11.3 Å². The lowest BCUT2D eigenvalue weighted by Gasteiger charge is -2.24. The number of hydrogen-bond donors (Lipinski definition) is 3. The van der Waals surface area contributed by atoms with Crippen LogP contribution in [0.4, 0.5) is 9.80 Å². The molecule has 6 nitrogen and oxygen atoms in total. The molecule has 1 aromatic rings. The number of amides is 2. The van der Waals surface area contributed by atoms with Gasteiger partial charge in [0.05, 0.1) is 5.56 Å². The molecule has 0 aliphatic heterocycles. The molecule has 118 valence electrons. The Balaban J connectivity index is 2.64. The van der Waals surface area contributed by atoms with Gasteiger partial charge in [-0.1, -0.05) is 13.8 Å². The standard InChI is InChI=1S/C14H23N3O3S/c1-9(2)7-10(8-17(3)4)15-14(20)16-12-11(13(18)19)5-6-21-12/h5-6,9-10H,7-8H2,1-4H3,(H,18,19)(H2,15,16,20). The van der Waals surface area contributed by atoms with Crippen molar-refractivity contribution in [2.75, 3.05) is 26.0 Å². The number of urea groups is 1. The summed E-state index contributed by atoms with van der Waals surface area (Å²) in [4.78, 5) is 25.1. The number of hydrogen-bond acceptors (Lipinski definition) is 4. The van der Waals surface area contributed by atoms with E-state index in [1.54, 1.807) is 5.38 Å². The van der Waals surface area contributed by atoms with Crippen LogP contribution in [0.5, 0.6) is 0 Å². The number of rotatable bonds is 7. The number of carboxylic acids is 1. The zero-order chi connectivity index (χ0) is 16.0. The number of thiophene rings is 1. The van der Waals surface area contributed by atoms with Crippen LogP contribution in [0.15, 0.2) is 11.4 Å². The first-order valence-electron chi connectivity index (χ1n) is 6.82. The van der Waals surface area contributed by atoms with Crippen molar-refractivity contribution >= 4 is 28.3 Å². The van der Waals surface area contributed by atoms with E-state index in [9.17, 15) is 9.59 Å². The number of carboxylic acid groups (broad SMARTS) is 1. The lowest BCUT2D eigenvalue weighted by Crippen LogP contribution is -2.44. The molecule has 1 rings (SSSR count). The van der Waals surface area contributed by atoms with Gasteiger partial charge in [0.25, 0.3) is 0 Å². The van der Waals surface area contributed by atoms with Crippen LogP contribution in [-0.4, -0.2) is 48.7 Å². The highest BCUT2D eigenvalue weighted by atomic mass is 32.1. The largest absolute Gasteiger partial charge is 0.478 e. The van der Waals surface area contributed by atoms with Gasteiger partial charge in [0.2, 0.25) is 0 Å². The minimum atomic E-state index is -1.04. The Morgan fingerprint density at radius 3 is 2.57 bits per heavy atom. The molecule has 1 heterocycles. The molecule has 0 saturated heterocycles. The Morgan fingerprint density at radius 1 is 1.38 bits per heavy atom. The van der Waals surface area contributed by atoms with Crippen molar-refractivity contribution in [3.8, 4) is 0 Å². The highest BCUT2D eigenvalue weighted by Gasteiger charge is 2.18. The van der Waals surface area contributed by atoms with Gasteiger partial charge in [-0.2, -0.15) is 0 Å². The van der Waals surface area contributed by atoms with E-state index in [0.29, 0.717) is 10.9 Å². The first-order chi connectivity index (χ1) is 9.79. The molecule has 0 bridgehead atoms. The third-order valence-corrected chi connectivity index (χ3v) is 3.63. The summed E-state index contributed by atoms with van der Waals surface area (Å²) in [6.45, 7) is 4.94. The Kier molecular flexibility index (Phi) is 6.64. The van der Waals surface area contributed by atoms with Crippen LogP contribution in [0, 0.1) is 5.92 Å². The average molecular weight is 313 g/mol. The summed E-state index contributed by atoms with van der Waals surface area (Å²) in [6.07, 6.45) is 0.863. The van der Waals surface area contributed by atoms with Gasteiger partial charge in [0, 0.05) is 12.6 Å². The molecule has 0 saturated carbocycles. The number of nitrogens with zero attached hydrogens (tertiary/aromatic N) is 1. The third kappa shape index (κ3) is 6.14. The molecule has 1 aromatic heterocycles. The minimum Gasteiger partial charge on any atom is -0.478 e. The highest BCUT2D eigenvalue weighted by Crippen LogP contribution is 2.23. The fourth-order valence-corrected chi connectivity index (χ4v) is 2.86. The predicted molar refractivity (Wildman–Crippen MR) is 85.2 cm³/mol. The van der Waals surface area contributed by atoms with Crippen molar-refractivity contribution in [1.82, 2.24) is 10.2 Å². The first-order valence-corrected chi connectivity index (χ1v) is 7.70. The van der Waals surface area contributed by atoms with Crippen molar-refractivity contribution in [3.63, 3.8) is 0 Å². The number of likely N-dealkylation sites (N-methyl/N-ethyl adjacent to an activating group) is 1. The van der Waals surface area contributed by atoms with Crippen LogP contribution in [0.2, 0.25) is 0 Å². The zero-order valence-corrected chi connectivity index (χ0v) is 13.7. The van der Waals surface area contributed by atoms with Gasteiger partial charge in [-0.25, -0.2) is 9.59 Å². The van der Waals surface area contributed by atoms with E-state index in [1.807, 2.05) is 19.0 Å². The topological polar surface area (TPSA) is 81.7 Å². The summed E-state index contributed by atoms with van der Waals surface area (Å²) < 4.78 is 0. The quantitative estimate of drug-likeness (QED) is 0.722. The van der Waals surface area contributed by atoms with E-state index < -0.39 is 5.97 Å². The lowest BCUT2D eigenvalue weighted by atomic mass is 10.0. The van der Waals surface area contributed by atoms with Gasteiger partial charge in [-0.05, 0) is 37.9 Å². The van der Waals surface area contributed by atoms with Gasteiger partial charge < -0.3 is 15.3 Å². The molecule has 1 unspecified atom stereocenters. The maximum absolute atomic E-state index is 12.0. The first kappa shape index (κ1) is 17.5. The van der Waals surface area contributed by atoms with E-state index in [2.05, 4.69) is 24.5 Å².